The average molecular weight is 809 g/mol. The standard InChI is InChI=1S/C31H23ClI2N2O4S/c1-3-14-40-28-20(15-22(33)17-23(28)34)16-24-29(37)36-27(19-10-12-21(32)13-11-19)25(30(38)39-4-2)26(35-31(36)41-24)18-8-6-5-7-9-18/h3,5-13,15-17,27H,1,4,14H2,2H3/b24-16-/t27-/m0/s1. The Balaban J connectivity index is 1.82. The van der Waals surface area contributed by atoms with Crippen molar-refractivity contribution in [3.05, 3.63) is 133 Å². The summed E-state index contributed by atoms with van der Waals surface area (Å²) >= 11 is 12.0. The highest BCUT2D eigenvalue weighted by molar-refractivity contribution is 14.1. The van der Waals surface area contributed by atoms with Crippen molar-refractivity contribution in [1.29, 1.82) is 0 Å². The summed E-state index contributed by atoms with van der Waals surface area (Å²) in [5.74, 6) is 0.139. The zero-order valence-corrected chi connectivity index (χ0v) is 27.7. The monoisotopic (exact) mass is 808 g/mol. The van der Waals surface area contributed by atoms with E-state index in [0.29, 0.717) is 38.0 Å². The lowest BCUT2D eigenvalue weighted by Crippen LogP contribution is -2.40. The molecule has 6 nitrogen and oxygen atoms in total. The first-order chi connectivity index (χ1) is 19.8. The minimum atomic E-state index is -0.771. The van der Waals surface area contributed by atoms with Crippen LogP contribution in [0.15, 0.2) is 94.7 Å². The third-order valence-electron chi connectivity index (χ3n) is 6.23. The SMILES string of the molecule is C=CCOc1c(I)cc(I)cc1/C=c1\sc2n(c1=O)[C@@H](c1ccc(Cl)cc1)C(C(=O)OCC)=C(c1ccccc1)N=2. The van der Waals surface area contributed by atoms with Crippen LogP contribution in [0.5, 0.6) is 5.75 Å². The highest BCUT2D eigenvalue weighted by atomic mass is 127. The molecule has 5 rings (SSSR count). The van der Waals surface area contributed by atoms with Crippen LogP contribution in [0.25, 0.3) is 11.8 Å². The number of ether oxygens (including phenoxy) is 2. The molecule has 4 aromatic rings. The third kappa shape index (κ3) is 6.23. The first-order valence-corrected chi connectivity index (χ1v) is 15.9. The third-order valence-corrected chi connectivity index (χ3v) is 8.89. The number of nitrogens with zero attached hydrogens (tertiary/aromatic N) is 2. The van der Waals surface area contributed by atoms with Crippen LogP contribution in [0.3, 0.4) is 0 Å². The molecular formula is C31H23ClI2N2O4S. The Bertz CT molecular complexity index is 1850. The number of esters is 1. The smallest absolute Gasteiger partial charge is 0.338 e. The summed E-state index contributed by atoms with van der Waals surface area (Å²) in [5.41, 5.74) is 2.72. The van der Waals surface area contributed by atoms with Crippen molar-refractivity contribution >= 4 is 85.9 Å². The number of benzene rings is 3. The number of carbonyl (C=O) groups is 1. The number of hydrogen-bond donors (Lipinski definition) is 0. The zero-order chi connectivity index (χ0) is 29.1. The zero-order valence-electron chi connectivity index (χ0n) is 21.8. The number of halogens is 3. The molecule has 0 bridgehead atoms. The largest absolute Gasteiger partial charge is 0.488 e. The summed E-state index contributed by atoms with van der Waals surface area (Å²) in [4.78, 5) is 33.1. The summed E-state index contributed by atoms with van der Waals surface area (Å²) in [6, 6.07) is 19.8. The molecule has 3 aromatic carbocycles. The van der Waals surface area contributed by atoms with Crippen molar-refractivity contribution < 1.29 is 14.3 Å². The Labute approximate surface area is 273 Å². The highest BCUT2D eigenvalue weighted by Crippen LogP contribution is 2.35. The van der Waals surface area contributed by atoms with Crippen LogP contribution < -0.4 is 19.6 Å². The number of thiazole rings is 1. The van der Waals surface area contributed by atoms with Gasteiger partial charge in [0.1, 0.15) is 12.4 Å². The van der Waals surface area contributed by atoms with Gasteiger partial charge in [-0.05, 0) is 88.0 Å². The second kappa shape index (κ2) is 13.1. The number of carbonyl (C=O) groups excluding carboxylic acids is 1. The van der Waals surface area contributed by atoms with Crippen LogP contribution >= 0.6 is 68.1 Å². The quantitative estimate of drug-likeness (QED) is 0.118. The van der Waals surface area contributed by atoms with Crippen LogP contribution in [0, 0.1) is 7.14 Å². The molecule has 0 fully saturated rings. The van der Waals surface area contributed by atoms with Gasteiger partial charge in [-0.15, -0.1) is 0 Å². The summed E-state index contributed by atoms with van der Waals surface area (Å²) in [5, 5.41) is 0.548. The van der Waals surface area contributed by atoms with Crippen LogP contribution in [-0.4, -0.2) is 23.8 Å². The van der Waals surface area contributed by atoms with Gasteiger partial charge < -0.3 is 9.47 Å². The average Bonchev–Trinajstić information content (AvgIpc) is 3.27. The summed E-state index contributed by atoms with van der Waals surface area (Å²) in [6.45, 7) is 6.02. The van der Waals surface area contributed by atoms with E-state index in [1.54, 1.807) is 29.7 Å². The number of rotatable bonds is 8. The lowest BCUT2D eigenvalue weighted by atomic mass is 9.93. The van der Waals surface area contributed by atoms with E-state index in [9.17, 15) is 9.59 Å². The fourth-order valence-electron chi connectivity index (χ4n) is 4.52. The van der Waals surface area contributed by atoms with Gasteiger partial charge in [0.2, 0.25) is 0 Å². The predicted octanol–water partition coefficient (Wildman–Crippen LogP) is 6.36. The van der Waals surface area contributed by atoms with Gasteiger partial charge in [0, 0.05) is 19.7 Å². The minimum Gasteiger partial charge on any atom is -0.488 e. The maximum absolute atomic E-state index is 14.2. The Morgan fingerprint density at radius 1 is 1.15 bits per heavy atom. The van der Waals surface area contributed by atoms with Crippen molar-refractivity contribution in [2.45, 2.75) is 13.0 Å². The molecule has 0 amide bonds. The molecule has 0 spiro atoms. The minimum absolute atomic E-state index is 0.181. The van der Waals surface area contributed by atoms with Gasteiger partial charge in [-0.1, -0.05) is 78.1 Å². The van der Waals surface area contributed by atoms with E-state index in [-0.39, 0.29) is 17.7 Å². The molecule has 41 heavy (non-hydrogen) atoms. The molecule has 1 aliphatic rings. The fraction of sp³-hybridized carbons (Fsp3) is 0.129. The summed E-state index contributed by atoms with van der Waals surface area (Å²) < 4.78 is 15.4. The molecule has 0 N–H and O–H groups in total. The van der Waals surface area contributed by atoms with Gasteiger partial charge in [-0.2, -0.15) is 0 Å². The van der Waals surface area contributed by atoms with Gasteiger partial charge in [-0.3, -0.25) is 9.36 Å². The molecule has 0 saturated carbocycles. The van der Waals surface area contributed by atoms with Gasteiger partial charge in [0.15, 0.2) is 4.80 Å². The van der Waals surface area contributed by atoms with E-state index < -0.39 is 12.0 Å². The molecule has 1 aliphatic heterocycles. The molecule has 0 aliphatic carbocycles. The lowest BCUT2D eigenvalue weighted by molar-refractivity contribution is -0.138. The number of fused-ring (bicyclic) bond motifs is 1. The molecule has 0 saturated heterocycles. The Morgan fingerprint density at radius 2 is 1.88 bits per heavy atom. The van der Waals surface area contributed by atoms with Crippen LogP contribution in [0.2, 0.25) is 5.02 Å². The molecule has 1 aromatic heterocycles. The van der Waals surface area contributed by atoms with E-state index in [2.05, 4.69) is 51.8 Å². The van der Waals surface area contributed by atoms with Crippen LogP contribution in [0.1, 0.15) is 29.7 Å². The van der Waals surface area contributed by atoms with Crippen LogP contribution in [0.4, 0.5) is 0 Å². The first-order valence-electron chi connectivity index (χ1n) is 12.6. The van der Waals surface area contributed by atoms with Crippen molar-refractivity contribution in [3.63, 3.8) is 0 Å². The topological polar surface area (TPSA) is 69.9 Å². The van der Waals surface area contributed by atoms with E-state index in [1.165, 1.54) is 11.3 Å². The van der Waals surface area contributed by atoms with E-state index in [4.69, 9.17) is 26.1 Å². The maximum atomic E-state index is 14.2. The summed E-state index contributed by atoms with van der Waals surface area (Å²) in [6.07, 6.45) is 3.50. The van der Waals surface area contributed by atoms with Crippen molar-refractivity contribution in [3.8, 4) is 5.75 Å². The van der Waals surface area contributed by atoms with Crippen molar-refractivity contribution in [1.82, 2.24) is 4.57 Å². The Hall–Kier alpha value is -2.74. The lowest BCUT2D eigenvalue weighted by Gasteiger charge is -2.26. The fourth-order valence-corrected chi connectivity index (χ4v) is 7.69. The maximum Gasteiger partial charge on any atom is 0.338 e. The number of hydrogen-bond acceptors (Lipinski definition) is 6. The molecular weight excluding hydrogens is 786 g/mol. The van der Waals surface area contributed by atoms with Gasteiger partial charge in [0.05, 0.1) is 32.0 Å². The van der Waals surface area contributed by atoms with Gasteiger partial charge in [-0.25, -0.2) is 9.79 Å². The molecule has 10 heteroatoms. The van der Waals surface area contributed by atoms with Crippen LogP contribution in [-0.2, 0) is 9.53 Å². The Kier molecular flexibility index (Phi) is 9.47. The predicted molar refractivity (Wildman–Crippen MR) is 180 cm³/mol. The molecule has 208 valence electrons. The second-order valence-corrected chi connectivity index (χ2v) is 12.7. The second-order valence-electron chi connectivity index (χ2n) is 8.89. The van der Waals surface area contributed by atoms with Crippen molar-refractivity contribution in [2.75, 3.05) is 13.2 Å². The molecule has 0 unspecified atom stereocenters. The van der Waals surface area contributed by atoms with E-state index in [0.717, 1.165) is 18.3 Å². The normalized spacial score (nSPS) is 14.8. The highest BCUT2D eigenvalue weighted by Gasteiger charge is 2.35. The van der Waals surface area contributed by atoms with Gasteiger partial charge >= 0.3 is 5.97 Å². The van der Waals surface area contributed by atoms with E-state index >= 15 is 0 Å². The van der Waals surface area contributed by atoms with E-state index in [1.807, 2.05) is 60.7 Å². The summed E-state index contributed by atoms with van der Waals surface area (Å²) in [7, 11) is 0. The Morgan fingerprint density at radius 3 is 2.56 bits per heavy atom. The molecule has 2 heterocycles. The van der Waals surface area contributed by atoms with Gasteiger partial charge in [0.25, 0.3) is 5.56 Å². The molecule has 1 atom stereocenters. The first kappa shape index (κ1) is 29.7. The van der Waals surface area contributed by atoms with Crippen molar-refractivity contribution in [2.24, 2.45) is 4.99 Å². The number of aromatic nitrogens is 1. The molecule has 0 radical (unpaired) electrons.